The molecule has 2 nitrogen and oxygen atoms in total. The predicted molar refractivity (Wildman–Crippen MR) is 84.7 cm³/mol. The number of halogens is 2. The second kappa shape index (κ2) is 6.98. The van der Waals surface area contributed by atoms with Gasteiger partial charge in [-0.3, -0.25) is 0 Å². The minimum atomic E-state index is 0.389. The molecular weight excluding hydrogens is 293 g/mol. The first kappa shape index (κ1) is 15.2. The highest BCUT2D eigenvalue weighted by atomic mass is 35.5. The lowest BCUT2D eigenvalue weighted by molar-refractivity contribution is 0.303. The second-order valence-electron chi connectivity index (χ2n) is 4.67. The van der Waals surface area contributed by atoms with Gasteiger partial charge in [-0.2, -0.15) is 0 Å². The maximum atomic E-state index is 6.13. The van der Waals surface area contributed by atoms with E-state index in [0.717, 1.165) is 23.3 Å². The van der Waals surface area contributed by atoms with Crippen molar-refractivity contribution in [3.05, 3.63) is 63.1 Å². The number of rotatable bonds is 5. The average molecular weight is 310 g/mol. The summed E-state index contributed by atoms with van der Waals surface area (Å²) in [4.78, 5) is 0. The summed E-state index contributed by atoms with van der Waals surface area (Å²) in [7, 11) is 0. The minimum absolute atomic E-state index is 0.389. The molecule has 20 heavy (non-hydrogen) atoms. The highest BCUT2D eigenvalue weighted by Crippen LogP contribution is 2.25. The van der Waals surface area contributed by atoms with E-state index >= 15 is 0 Å². The number of nitrogens with two attached hydrogens (primary N) is 1. The van der Waals surface area contributed by atoms with Gasteiger partial charge < -0.3 is 10.5 Å². The van der Waals surface area contributed by atoms with Crippen molar-refractivity contribution in [1.29, 1.82) is 0 Å². The summed E-state index contributed by atoms with van der Waals surface area (Å²) in [6, 6.07) is 11.5. The fraction of sp³-hybridized carbons (Fsp3) is 0.250. The van der Waals surface area contributed by atoms with E-state index in [0.29, 0.717) is 23.2 Å². The van der Waals surface area contributed by atoms with Crippen molar-refractivity contribution in [3.63, 3.8) is 0 Å². The lowest BCUT2D eigenvalue weighted by Gasteiger charge is -2.13. The third kappa shape index (κ3) is 3.89. The maximum absolute atomic E-state index is 6.13. The smallest absolute Gasteiger partial charge is 0.123 e. The SMILES string of the molecule is Cc1ccc(OCc2cc(Cl)ccc2Cl)c(CCN)c1. The number of hydrogen-bond donors (Lipinski definition) is 1. The van der Waals surface area contributed by atoms with Crippen LogP contribution in [0.4, 0.5) is 0 Å². The van der Waals surface area contributed by atoms with Crippen LogP contribution in [0.15, 0.2) is 36.4 Å². The van der Waals surface area contributed by atoms with Crippen LogP contribution in [0.5, 0.6) is 5.75 Å². The van der Waals surface area contributed by atoms with Crippen molar-refractivity contribution in [2.24, 2.45) is 5.73 Å². The lowest BCUT2D eigenvalue weighted by atomic mass is 10.1. The van der Waals surface area contributed by atoms with Gasteiger partial charge in [-0.05, 0) is 49.7 Å². The fourth-order valence-corrected chi connectivity index (χ4v) is 2.38. The summed E-state index contributed by atoms with van der Waals surface area (Å²) in [6.45, 7) is 3.04. The third-order valence-electron chi connectivity index (χ3n) is 3.02. The third-order valence-corrected chi connectivity index (χ3v) is 3.62. The summed E-state index contributed by atoms with van der Waals surface area (Å²) in [5.41, 5.74) is 8.82. The average Bonchev–Trinajstić information content (AvgIpc) is 2.42. The zero-order valence-electron chi connectivity index (χ0n) is 11.3. The Hall–Kier alpha value is -1.22. The van der Waals surface area contributed by atoms with Gasteiger partial charge in [0.25, 0.3) is 0 Å². The Morgan fingerprint density at radius 3 is 2.60 bits per heavy atom. The van der Waals surface area contributed by atoms with Crippen LogP contribution in [0.1, 0.15) is 16.7 Å². The molecule has 0 spiro atoms. The fourth-order valence-electron chi connectivity index (χ4n) is 2.01. The van der Waals surface area contributed by atoms with Gasteiger partial charge in [0.1, 0.15) is 12.4 Å². The van der Waals surface area contributed by atoms with Gasteiger partial charge in [0, 0.05) is 15.6 Å². The zero-order valence-corrected chi connectivity index (χ0v) is 12.8. The molecular formula is C16H17Cl2NO. The molecule has 0 radical (unpaired) electrons. The molecule has 2 aromatic carbocycles. The van der Waals surface area contributed by atoms with E-state index in [4.69, 9.17) is 33.7 Å². The largest absolute Gasteiger partial charge is 0.489 e. The van der Waals surface area contributed by atoms with Crippen molar-refractivity contribution < 1.29 is 4.74 Å². The molecule has 106 valence electrons. The van der Waals surface area contributed by atoms with Gasteiger partial charge in [0.2, 0.25) is 0 Å². The molecule has 0 saturated carbocycles. The molecule has 0 bridgehead atoms. The van der Waals surface area contributed by atoms with Crippen LogP contribution in [-0.4, -0.2) is 6.54 Å². The molecule has 0 atom stereocenters. The Morgan fingerprint density at radius 1 is 1.05 bits per heavy atom. The standard InChI is InChI=1S/C16H17Cl2NO/c1-11-2-5-16(12(8-11)6-7-19)20-10-13-9-14(17)3-4-15(13)18/h2-5,8-9H,6-7,10,19H2,1H3. The molecule has 0 aliphatic rings. The lowest BCUT2D eigenvalue weighted by Crippen LogP contribution is -2.06. The van der Waals surface area contributed by atoms with E-state index in [1.165, 1.54) is 5.56 Å². The van der Waals surface area contributed by atoms with Crippen LogP contribution in [0, 0.1) is 6.92 Å². The van der Waals surface area contributed by atoms with Crippen LogP contribution in [0.25, 0.3) is 0 Å². The first-order valence-corrected chi connectivity index (χ1v) is 7.22. The number of aryl methyl sites for hydroxylation is 1. The number of benzene rings is 2. The summed E-state index contributed by atoms with van der Waals surface area (Å²) in [5.74, 6) is 0.845. The monoisotopic (exact) mass is 309 g/mol. The van der Waals surface area contributed by atoms with Crippen LogP contribution in [-0.2, 0) is 13.0 Å². The van der Waals surface area contributed by atoms with E-state index < -0.39 is 0 Å². The molecule has 0 unspecified atom stereocenters. The molecule has 0 saturated heterocycles. The van der Waals surface area contributed by atoms with E-state index in [1.54, 1.807) is 12.1 Å². The quantitative estimate of drug-likeness (QED) is 0.889. The normalized spacial score (nSPS) is 10.6. The molecule has 4 heteroatoms. The van der Waals surface area contributed by atoms with Gasteiger partial charge in [0.05, 0.1) is 0 Å². The Labute approximate surface area is 129 Å². The topological polar surface area (TPSA) is 35.2 Å². The summed E-state index contributed by atoms with van der Waals surface area (Å²) in [6.07, 6.45) is 0.792. The molecule has 2 rings (SSSR count). The molecule has 0 amide bonds. The zero-order chi connectivity index (χ0) is 14.5. The van der Waals surface area contributed by atoms with Gasteiger partial charge in [-0.25, -0.2) is 0 Å². The van der Waals surface area contributed by atoms with Crippen molar-refractivity contribution >= 4 is 23.2 Å². The summed E-state index contributed by atoms with van der Waals surface area (Å²) >= 11 is 12.1. The highest BCUT2D eigenvalue weighted by Gasteiger charge is 2.06. The first-order chi connectivity index (χ1) is 9.60. The predicted octanol–water partition coefficient (Wildman–Crippen LogP) is 4.38. The molecule has 2 N–H and O–H groups in total. The Balaban J connectivity index is 2.16. The Bertz CT molecular complexity index is 599. The van der Waals surface area contributed by atoms with E-state index in [9.17, 15) is 0 Å². The van der Waals surface area contributed by atoms with Gasteiger partial charge in [-0.15, -0.1) is 0 Å². The van der Waals surface area contributed by atoms with Gasteiger partial charge in [-0.1, -0.05) is 40.9 Å². The van der Waals surface area contributed by atoms with Crippen LogP contribution in [0.3, 0.4) is 0 Å². The number of hydrogen-bond acceptors (Lipinski definition) is 2. The summed E-state index contributed by atoms with van der Waals surface area (Å²) in [5, 5.41) is 1.31. The van der Waals surface area contributed by atoms with Crippen molar-refractivity contribution in [2.75, 3.05) is 6.54 Å². The molecule has 2 aromatic rings. The molecule has 0 aromatic heterocycles. The first-order valence-electron chi connectivity index (χ1n) is 6.46. The van der Waals surface area contributed by atoms with E-state index in [2.05, 4.69) is 13.0 Å². The molecule has 0 aliphatic heterocycles. The molecule has 0 aliphatic carbocycles. The van der Waals surface area contributed by atoms with Crippen molar-refractivity contribution in [2.45, 2.75) is 20.0 Å². The Kier molecular flexibility index (Phi) is 5.30. The van der Waals surface area contributed by atoms with Crippen LogP contribution < -0.4 is 10.5 Å². The molecule has 0 heterocycles. The minimum Gasteiger partial charge on any atom is -0.489 e. The van der Waals surface area contributed by atoms with E-state index in [1.807, 2.05) is 18.2 Å². The van der Waals surface area contributed by atoms with Gasteiger partial charge >= 0.3 is 0 Å². The molecule has 0 fully saturated rings. The van der Waals surface area contributed by atoms with E-state index in [-0.39, 0.29) is 0 Å². The van der Waals surface area contributed by atoms with Gasteiger partial charge in [0.15, 0.2) is 0 Å². The number of ether oxygens (including phenoxy) is 1. The van der Waals surface area contributed by atoms with Crippen LogP contribution in [0.2, 0.25) is 10.0 Å². The van der Waals surface area contributed by atoms with Crippen molar-refractivity contribution in [3.8, 4) is 5.75 Å². The van der Waals surface area contributed by atoms with Crippen LogP contribution >= 0.6 is 23.2 Å². The maximum Gasteiger partial charge on any atom is 0.123 e. The summed E-state index contributed by atoms with van der Waals surface area (Å²) < 4.78 is 5.87. The van der Waals surface area contributed by atoms with Crippen molar-refractivity contribution in [1.82, 2.24) is 0 Å². The highest BCUT2D eigenvalue weighted by molar-refractivity contribution is 6.33. The second-order valence-corrected chi connectivity index (χ2v) is 5.52. The Morgan fingerprint density at radius 2 is 1.85 bits per heavy atom.